The zero-order chi connectivity index (χ0) is 27.7. The van der Waals surface area contributed by atoms with Gasteiger partial charge in [-0.25, -0.2) is 0 Å². The van der Waals surface area contributed by atoms with E-state index in [1.807, 2.05) is 51.1 Å². The second kappa shape index (κ2) is 11.2. The van der Waals surface area contributed by atoms with Crippen LogP contribution in [0.2, 0.25) is 0 Å². The summed E-state index contributed by atoms with van der Waals surface area (Å²) in [5.74, 6) is -0.858. The van der Waals surface area contributed by atoms with E-state index in [1.165, 1.54) is 0 Å². The van der Waals surface area contributed by atoms with Gasteiger partial charge in [0.25, 0.3) is 0 Å². The molecule has 9 heteroatoms. The van der Waals surface area contributed by atoms with Crippen molar-refractivity contribution in [3.8, 4) is 5.75 Å². The van der Waals surface area contributed by atoms with Crippen molar-refractivity contribution >= 4 is 40.9 Å². The standard InChI is InChI=1S/C30H37N3O5S/c1-4-38-21-11-9-20(10-12-21)31-27(35)24-23-13-14-30(39-23)25(24)29(37)33(15-5-6-16-34)26(30)28(36)32-22-17-18(2)7-8-19(22)3/h7-12,17,23-26,34H,4-6,13-16H2,1-3H3,(H,31,35)(H,32,36)/t23-,24+,25-,26?,30?/m0/s1. The Morgan fingerprint density at radius 2 is 1.87 bits per heavy atom. The van der Waals surface area contributed by atoms with E-state index in [2.05, 4.69) is 10.6 Å². The zero-order valence-electron chi connectivity index (χ0n) is 22.7. The Labute approximate surface area is 233 Å². The maximum absolute atomic E-state index is 14.0. The lowest BCUT2D eigenvalue weighted by Gasteiger charge is -2.34. The lowest BCUT2D eigenvalue weighted by molar-refractivity contribution is -0.138. The van der Waals surface area contributed by atoms with E-state index in [9.17, 15) is 19.5 Å². The molecule has 2 bridgehead atoms. The number of carbonyl (C=O) groups is 3. The number of carbonyl (C=O) groups excluding carboxylic acids is 3. The zero-order valence-corrected chi connectivity index (χ0v) is 23.6. The normalized spacial score (nSPS) is 27.0. The molecule has 3 fully saturated rings. The lowest BCUT2D eigenvalue weighted by atomic mass is 9.70. The highest BCUT2D eigenvalue weighted by atomic mass is 32.2. The van der Waals surface area contributed by atoms with Gasteiger partial charge in [-0.15, -0.1) is 11.8 Å². The third kappa shape index (κ3) is 5.02. The van der Waals surface area contributed by atoms with Crippen LogP contribution in [0.4, 0.5) is 11.4 Å². The molecule has 0 aromatic heterocycles. The van der Waals surface area contributed by atoms with Crippen molar-refractivity contribution < 1.29 is 24.2 Å². The molecule has 2 aromatic rings. The van der Waals surface area contributed by atoms with E-state index in [0.29, 0.717) is 38.1 Å². The van der Waals surface area contributed by atoms with Crippen LogP contribution in [-0.4, -0.2) is 63.5 Å². The van der Waals surface area contributed by atoms with Crippen LogP contribution in [0.5, 0.6) is 5.75 Å². The van der Waals surface area contributed by atoms with Gasteiger partial charge in [0.05, 0.1) is 23.2 Å². The molecule has 3 N–H and O–H groups in total. The molecule has 2 unspecified atom stereocenters. The van der Waals surface area contributed by atoms with E-state index in [4.69, 9.17) is 4.74 Å². The van der Waals surface area contributed by atoms with Crippen LogP contribution in [0.1, 0.15) is 43.7 Å². The fourth-order valence-corrected chi connectivity index (χ4v) is 8.71. The van der Waals surface area contributed by atoms with Gasteiger partial charge in [-0.3, -0.25) is 14.4 Å². The molecule has 5 rings (SSSR count). The van der Waals surface area contributed by atoms with Crippen LogP contribution in [0.15, 0.2) is 42.5 Å². The summed E-state index contributed by atoms with van der Waals surface area (Å²) in [6.07, 6.45) is 2.64. The van der Waals surface area contributed by atoms with E-state index in [0.717, 1.165) is 29.0 Å². The number of unbranched alkanes of at least 4 members (excludes halogenated alkanes) is 1. The first kappa shape index (κ1) is 27.5. The molecular weight excluding hydrogens is 514 g/mol. The van der Waals surface area contributed by atoms with Gasteiger partial charge in [-0.1, -0.05) is 12.1 Å². The predicted octanol–water partition coefficient (Wildman–Crippen LogP) is 4.14. The number of rotatable bonds is 10. The molecular formula is C30H37N3O5S. The first-order valence-corrected chi connectivity index (χ1v) is 14.7. The minimum atomic E-state index is -0.674. The van der Waals surface area contributed by atoms with E-state index < -0.39 is 22.6 Å². The van der Waals surface area contributed by atoms with Crippen molar-refractivity contribution in [2.45, 2.75) is 62.5 Å². The molecule has 3 amide bonds. The average Bonchev–Trinajstić information content (AvgIpc) is 3.55. The highest BCUT2D eigenvalue weighted by Crippen LogP contribution is 2.66. The van der Waals surface area contributed by atoms with Gasteiger partial charge in [-0.05, 0) is 87.9 Å². The van der Waals surface area contributed by atoms with Gasteiger partial charge in [-0.2, -0.15) is 0 Å². The molecule has 8 nitrogen and oxygen atoms in total. The molecule has 3 saturated heterocycles. The number of amides is 3. The Kier molecular flexibility index (Phi) is 7.91. The summed E-state index contributed by atoms with van der Waals surface area (Å²) in [5.41, 5.74) is 3.39. The number of nitrogens with zero attached hydrogens (tertiary/aromatic N) is 1. The molecule has 0 radical (unpaired) electrons. The van der Waals surface area contributed by atoms with Crippen LogP contribution in [0, 0.1) is 25.7 Å². The van der Waals surface area contributed by atoms with Crippen molar-refractivity contribution in [3.63, 3.8) is 0 Å². The number of likely N-dealkylation sites (tertiary alicyclic amines) is 1. The van der Waals surface area contributed by atoms with E-state index in [1.54, 1.807) is 28.8 Å². The highest BCUT2D eigenvalue weighted by molar-refractivity contribution is 8.02. The fraction of sp³-hybridized carbons (Fsp3) is 0.500. The van der Waals surface area contributed by atoms with Crippen molar-refractivity contribution in [1.29, 1.82) is 0 Å². The summed E-state index contributed by atoms with van der Waals surface area (Å²) in [7, 11) is 0. The van der Waals surface area contributed by atoms with Crippen molar-refractivity contribution in [2.75, 3.05) is 30.4 Å². The molecule has 3 aliphatic rings. The molecule has 3 heterocycles. The summed E-state index contributed by atoms with van der Waals surface area (Å²) in [6, 6.07) is 12.5. The van der Waals surface area contributed by atoms with Crippen molar-refractivity contribution in [3.05, 3.63) is 53.6 Å². The van der Waals surface area contributed by atoms with Crippen LogP contribution >= 0.6 is 11.8 Å². The molecule has 0 saturated carbocycles. The van der Waals surface area contributed by atoms with Gasteiger partial charge in [0.2, 0.25) is 17.7 Å². The largest absolute Gasteiger partial charge is 0.494 e. The molecule has 5 atom stereocenters. The van der Waals surface area contributed by atoms with E-state index >= 15 is 0 Å². The number of fused-ring (bicyclic) bond motifs is 1. The molecule has 3 aliphatic heterocycles. The van der Waals surface area contributed by atoms with Crippen molar-refractivity contribution in [1.82, 2.24) is 4.90 Å². The first-order chi connectivity index (χ1) is 18.8. The summed E-state index contributed by atoms with van der Waals surface area (Å²) in [5, 5.41) is 15.5. The highest BCUT2D eigenvalue weighted by Gasteiger charge is 2.73. The summed E-state index contributed by atoms with van der Waals surface area (Å²) < 4.78 is 4.85. The third-order valence-corrected chi connectivity index (χ3v) is 10.2. The monoisotopic (exact) mass is 551 g/mol. The number of benzene rings is 2. The van der Waals surface area contributed by atoms with Gasteiger partial charge in [0.1, 0.15) is 11.8 Å². The summed E-state index contributed by atoms with van der Waals surface area (Å²) in [6.45, 7) is 6.81. The topological polar surface area (TPSA) is 108 Å². The number of hydrogen-bond acceptors (Lipinski definition) is 6. The predicted molar refractivity (Wildman–Crippen MR) is 153 cm³/mol. The third-order valence-electron chi connectivity index (χ3n) is 8.24. The Hall–Kier alpha value is -3.04. The van der Waals surface area contributed by atoms with Crippen LogP contribution < -0.4 is 15.4 Å². The Bertz CT molecular complexity index is 1250. The number of thioether (sulfide) groups is 1. The number of anilines is 2. The summed E-state index contributed by atoms with van der Waals surface area (Å²) in [4.78, 5) is 43.3. The SMILES string of the molecule is CCOc1ccc(NC(=O)[C@@H]2[C@@H]3CCC4(S3)C(C(=O)Nc3cc(C)ccc3C)N(CCCCO)C(=O)[C@H]24)cc1. The Balaban J connectivity index is 1.42. The number of aliphatic hydroxyl groups is 1. The van der Waals surface area contributed by atoms with E-state index in [-0.39, 0.29) is 29.6 Å². The Morgan fingerprint density at radius 3 is 2.59 bits per heavy atom. The maximum atomic E-state index is 14.0. The molecule has 208 valence electrons. The second-order valence-electron chi connectivity index (χ2n) is 10.8. The quantitative estimate of drug-likeness (QED) is 0.383. The minimum absolute atomic E-state index is 0.0164. The number of ether oxygens (including phenoxy) is 1. The molecule has 1 spiro atoms. The van der Waals surface area contributed by atoms with Gasteiger partial charge in [0, 0.05) is 29.8 Å². The second-order valence-corrected chi connectivity index (χ2v) is 12.4. The van der Waals surface area contributed by atoms with Crippen LogP contribution in [0.25, 0.3) is 0 Å². The fourth-order valence-electron chi connectivity index (χ4n) is 6.49. The van der Waals surface area contributed by atoms with Gasteiger partial charge < -0.3 is 25.4 Å². The smallest absolute Gasteiger partial charge is 0.248 e. The van der Waals surface area contributed by atoms with Gasteiger partial charge >= 0.3 is 0 Å². The molecule has 2 aromatic carbocycles. The average molecular weight is 552 g/mol. The minimum Gasteiger partial charge on any atom is -0.494 e. The molecule has 39 heavy (non-hydrogen) atoms. The number of aryl methyl sites for hydroxylation is 2. The first-order valence-electron chi connectivity index (χ1n) is 13.8. The number of nitrogens with one attached hydrogen (secondary N) is 2. The van der Waals surface area contributed by atoms with Crippen molar-refractivity contribution in [2.24, 2.45) is 11.8 Å². The van der Waals surface area contributed by atoms with Crippen LogP contribution in [-0.2, 0) is 14.4 Å². The molecule has 0 aliphatic carbocycles. The van der Waals surface area contributed by atoms with Gasteiger partial charge in [0.15, 0.2) is 0 Å². The number of hydrogen-bond donors (Lipinski definition) is 3. The summed E-state index contributed by atoms with van der Waals surface area (Å²) >= 11 is 1.65. The number of aliphatic hydroxyl groups excluding tert-OH is 1. The lowest BCUT2D eigenvalue weighted by Crippen LogP contribution is -2.51. The Morgan fingerprint density at radius 1 is 1.10 bits per heavy atom. The maximum Gasteiger partial charge on any atom is 0.248 e. The van der Waals surface area contributed by atoms with Crippen LogP contribution in [0.3, 0.4) is 0 Å².